The summed E-state index contributed by atoms with van der Waals surface area (Å²) >= 11 is 6.41. The SMILES string of the molecule is CCCCCCCCCCCC(=O)N[C@H](CC[SH](C)CCCC)C(=O)OC(Cl)CCCCCCCCCCC. The van der Waals surface area contributed by atoms with Gasteiger partial charge >= 0.3 is 5.97 Å². The summed E-state index contributed by atoms with van der Waals surface area (Å²) in [6, 6.07) is -0.577. The van der Waals surface area contributed by atoms with E-state index < -0.39 is 11.6 Å². The van der Waals surface area contributed by atoms with Crippen LogP contribution in [0, 0.1) is 0 Å². The van der Waals surface area contributed by atoms with Crippen LogP contribution in [0.3, 0.4) is 0 Å². The summed E-state index contributed by atoms with van der Waals surface area (Å²) in [4.78, 5) is 25.7. The number of halogens is 1. The third-order valence-electron chi connectivity index (χ3n) is 7.60. The zero-order valence-corrected chi connectivity index (χ0v) is 28.0. The maximum Gasteiger partial charge on any atom is 0.330 e. The molecule has 1 amide bonds. The van der Waals surface area contributed by atoms with Crippen molar-refractivity contribution in [3.05, 3.63) is 0 Å². The number of unbranched alkanes of at least 4 members (excludes halogenated alkanes) is 17. The molecule has 0 aliphatic carbocycles. The van der Waals surface area contributed by atoms with E-state index >= 15 is 0 Å². The Morgan fingerprint density at radius 2 is 1.10 bits per heavy atom. The van der Waals surface area contributed by atoms with Crippen LogP contribution in [-0.2, 0) is 14.3 Å². The lowest BCUT2D eigenvalue weighted by molar-refractivity contribution is -0.150. The van der Waals surface area contributed by atoms with Gasteiger partial charge in [-0.2, -0.15) is 0 Å². The number of hydrogen-bond acceptors (Lipinski definition) is 3. The van der Waals surface area contributed by atoms with Crippen molar-refractivity contribution in [2.45, 2.75) is 180 Å². The number of alkyl halides is 1. The number of thiol groups is 1. The third-order valence-corrected chi connectivity index (χ3v) is 10.0. The van der Waals surface area contributed by atoms with Gasteiger partial charge in [0.05, 0.1) is 0 Å². The van der Waals surface area contributed by atoms with Gasteiger partial charge in [0.15, 0.2) is 5.56 Å². The summed E-state index contributed by atoms with van der Waals surface area (Å²) in [6.07, 6.45) is 28.8. The maximum atomic E-state index is 13.0. The largest absolute Gasteiger partial charge is 0.444 e. The molecular formula is C33H66ClNO3S. The third kappa shape index (κ3) is 26.2. The standard InChI is InChI=1S/C33H66ClNO3S/c1-5-8-11-13-15-17-19-21-23-25-31(34)38-33(37)30(27-29-39(4)28-10-7-3)35-32(36)26-24-22-20-18-16-14-12-9-6-2/h30-31,39H,5-29H2,1-4H3,(H,35,36)/t30-,31?/m1/s1. The number of rotatable bonds is 29. The summed E-state index contributed by atoms with van der Waals surface area (Å²) in [5, 5.41) is 3.00. The van der Waals surface area contributed by atoms with Crippen molar-refractivity contribution in [2.75, 3.05) is 17.8 Å². The van der Waals surface area contributed by atoms with Gasteiger partial charge in [-0.25, -0.2) is 4.79 Å². The molecule has 0 bridgehead atoms. The van der Waals surface area contributed by atoms with E-state index in [1.54, 1.807) is 0 Å². The average molecular weight is 592 g/mol. The highest BCUT2D eigenvalue weighted by molar-refractivity contribution is 8.16. The maximum absolute atomic E-state index is 13.0. The van der Waals surface area contributed by atoms with Gasteiger partial charge in [0.1, 0.15) is 6.04 Å². The highest BCUT2D eigenvalue weighted by Gasteiger charge is 2.24. The van der Waals surface area contributed by atoms with E-state index in [9.17, 15) is 9.59 Å². The van der Waals surface area contributed by atoms with Crippen LogP contribution >= 0.6 is 22.5 Å². The van der Waals surface area contributed by atoms with Crippen LogP contribution in [0.4, 0.5) is 0 Å². The second-order valence-electron chi connectivity index (χ2n) is 11.6. The fraction of sp³-hybridized carbons (Fsp3) is 0.939. The first-order valence-electron chi connectivity index (χ1n) is 16.8. The molecule has 39 heavy (non-hydrogen) atoms. The first kappa shape index (κ1) is 38.6. The minimum atomic E-state index is -0.609. The van der Waals surface area contributed by atoms with Gasteiger partial charge in [0.25, 0.3) is 0 Å². The van der Waals surface area contributed by atoms with E-state index in [4.69, 9.17) is 16.3 Å². The molecule has 0 aliphatic rings. The summed E-state index contributed by atoms with van der Waals surface area (Å²) in [6.45, 7) is 6.71. The summed E-state index contributed by atoms with van der Waals surface area (Å²) in [5.74, 6) is 1.80. The van der Waals surface area contributed by atoms with Gasteiger partial charge in [0, 0.05) is 6.42 Å². The molecule has 234 valence electrons. The van der Waals surface area contributed by atoms with E-state index in [-0.39, 0.29) is 22.8 Å². The molecule has 1 N–H and O–H groups in total. The smallest absolute Gasteiger partial charge is 0.330 e. The molecule has 0 aromatic rings. The lowest BCUT2D eigenvalue weighted by atomic mass is 10.1. The van der Waals surface area contributed by atoms with Crippen LogP contribution in [0.2, 0.25) is 0 Å². The Bertz CT molecular complexity index is 563. The van der Waals surface area contributed by atoms with Crippen LogP contribution in [0.1, 0.15) is 168 Å². The fourth-order valence-electron chi connectivity index (χ4n) is 4.88. The van der Waals surface area contributed by atoms with Crippen LogP contribution in [0.25, 0.3) is 0 Å². The molecule has 0 spiro atoms. The number of hydrogen-bond donors (Lipinski definition) is 2. The number of carbonyl (C=O) groups is 2. The highest BCUT2D eigenvalue weighted by atomic mass is 35.5. The van der Waals surface area contributed by atoms with Crippen molar-refractivity contribution >= 4 is 34.4 Å². The van der Waals surface area contributed by atoms with Gasteiger partial charge in [-0.1, -0.05) is 142 Å². The molecule has 0 radical (unpaired) electrons. The predicted molar refractivity (Wildman–Crippen MR) is 176 cm³/mol. The first-order chi connectivity index (χ1) is 18.9. The lowest BCUT2D eigenvalue weighted by Gasteiger charge is -2.22. The van der Waals surface area contributed by atoms with Crippen LogP contribution in [0.5, 0.6) is 0 Å². The van der Waals surface area contributed by atoms with Gasteiger partial charge < -0.3 is 10.1 Å². The Morgan fingerprint density at radius 3 is 1.62 bits per heavy atom. The lowest BCUT2D eigenvalue weighted by Crippen LogP contribution is -2.43. The molecule has 0 aromatic heterocycles. The Hall–Kier alpha value is -0.420. The number of carbonyl (C=O) groups excluding carboxylic acids is 2. The van der Waals surface area contributed by atoms with Crippen LogP contribution in [-0.4, -0.2) is 41.2 Å². The minimum absolute atomic E-state index is 0.0288. The van der Waals surface area contributed by atoms with E-state index in [0.29, 0.717) is 19.3 Å². The average Bonchev–Trinajstić information content (AvgIpc) is 2.92. The van der Waals surface area contributed by atoms with Crippen molar-refractivity contribution in [3.63, 3.8) is 0 Å². The summed E-state index contributed by atoms with van der Waals surface area (Å²) in [7, 11) is -0.126. The zero-order valence-electron chi connectivity index (χ0n) is 26.4. The molecule has 0 aromatic carbocycles. The van der Waals surface area contributed by atoms with Gasteiger partial charge in [-0.15, -0.1) is 0 Å². The number of esters is 1. The molecule has 4 nitrogen and oxygen atoms in total. The molecule has 0 saturated carbocycles. The first-order valence-corrected chi connectivity index (χ1v) is 19.4. The monoisotopic (exact) mass is 591 g/mol. The molecule has 0 rings (SSSR count). The summed E-state index contributed by atoms with van der Waals surface area (Å²) < 4.78 is 5.62. The molecular weight excluding hydrogens is 526 g/mol. The Morgan fingerprint density at radius 1 is 0.641 bits per heavy atom. The second-order valence-corrected chi connectivity index (χ2v) is 14.7. The normalized spacial score (nSPS) is 14.1. The van der Waals surface area contributed by atoms with E-state index in [0.717, 1.165) is 31.4 Å². The van der Waals surface area contributed by atoms with Crippen molar-refractivity contribution in [1.82, 2.24) is 5.32 Å². The number of ether oxygens (including phenoxy) is 1. The molecule has 0 aliphatic heterocycles. The Labute approximate surface area is 251 Å². The Balaban J connectivity index is 4.37. The minimum Gasteiger partial charge on any atom is -0.444 e. The van der Waals surface area contributed by atoms with Crippen LogP contribution in [0.15, 0.2) is 0 Å². The molecule has 2 unspecified atom stereocenters. The predicted octanol–water partition coefficient (Wildman–Crippen LogP) is 10.2. The van der Waals surface area contributed by atoms with E-state index in [1.807, 2.05) is 0 Å². The van der Waals surface area contributed by atoms with E-state index in [2.05, 4.69) is 32.3 Å². The Kier molecular flexibility index (Phi) is 28.8. The highest BCUT2D eigenvalue weighted by Crippen LogP contribution is 2.24. The second kappa shape index (κ2) is 29.1. The van der Waals surface area contributed by atoms with Crippen molar-refractivity contribution < 1.29 is 14.3 Å². The van der Waals surface area contributed by atoms with Gasteiger partial charge in [-0.3, -0.25) is 15.7 Å². The van der Waals surface area contributed by atoms with Crippen molar-refractivity contribution in [3.8, 4) is 0 Å². The number of amides is 1. The quantitative estimate of drug-likeness (QED) is 0.0393. The van der Waals surface area contributed by atoms with Gasteiger partial charge in [-0.05, 0) is 49.9 Å². The fourth-order valence-corrected chi connectivity index (χ4v) is 6.90. The summed E-state index contributed by atoms with van der Waals surface area (Å²) in [5.41, 5.74) is -0.609. The zero-order chi connectivity index (χ0) is 29.0. The topological polar surface area (TPSA) is 55.4 Å². The van der Waals surface area contributed by atoms with Gasteiger partial charge in [0.2, 0.25) is 5.91 Å². The van der Waals surface area contributed by atoms with E-state index in [1.165, 1.54) is 108 Å². The van der Waals surface area contributed by atoms with Crippen molar-refractivity contribution in [2.24, 2.45) is 0 Å². The van der Waals surface area contributed by atoms with Crippen LogP contribution < -0.4 is 5.32 Å². The molecule has 3 atom stereocenters. The molecule has 0 saturated heterocycles. The molecule has 0 heterocycles. The molecule has 0 fully saturated rings. The number of nitrogens with one attached hydrogen (secondary N) is 1. The van der Waals surface area contributed by atoms with Crippen molar-refractivity contribution in [1.29, 1.82) is 0 Å². The molecule has 6 heteroatoms.